The number of allylic oxidation sites excluding steroid dienone is 2. The van der Waals surface area contributed by atoms with Crippen LogP contribution in [0.4, 0.5) is 0 Å². The fourth-order valence-electron chi connectivity index (χ4n) is 2.79. The van der Waals surface area contributed by atoms with Gasteiger partial charge in [0.2, 0.25) is 0 Å². The van der Waals surface area contributed by atoms with Gasteiger partial charge in [0.1, 0.15) is 5.75 Å². The Morgan fingerprint density at radius 2 is 2.00 bits per heavy atom. The minimum absolute atomic E-state index is 0.126. The van der Waals surface area contributed by atoms with Crippen molar-refractivity contribution in [2.75, 3.05) is 7.11 Å². The largest absolute Gasteiger partial charge is 0.497 e. The summed E-state index contributed by atoms with van der Waals surface area (Å²) in [6, 6.07) is 8.79. The van der Waals surface area contributed by atoms with Crippen molar-refractivity contribution in [3.05, 3.63) is 54.1 Å². The van der Waals surface area contributed by atoms with E-state index in [9.17, 15) is 0 Å². The molecule has 0 radical (unpaired) electrons. The van der Waals surface area contributed by atoms with Crippen LogP contribution in [0.1, 0.15) is 32.3 Å². The van der Waals surface area contributed by atoms with Gasteiger partial charge in [0.05, 0.1) is 7.11 Å². The predicted molar refractivity (Wildman–Crippen MR) is 85.2 cm³/mol. The Morgan fingerprint density at radius 1 is 1.25 bits per heavy atom. The fraction of sp³-hybridized carbons (Fsp3) is 0.444. The van der Waals surface area contributed by atoms with Crippen LogP contribution < -0.4 is 10.1 Å². The molecule has 1 N–H and O–H groups in total. The van der Waals surface area contributed by atoms with Crippen LogP contribution >= 0.6 is 0 Å². The van der Waals surface area contributed by atoms with Gasteiger partial charge >= 0.3 is 0 Å². The molecule has 0 saturated carbocycles. The third kappa shape index (κ3) is 3.73. The second kappa shape index (κ2) is 6.76. The number of nitrogens with one attached hydrogen (secondary N) is 1. The Hall–Kier alpha value is -1.54. The van der Waals surface area contributed by atoms with Crippen LogP contribution in [-0.4, -0.2) is 18.7 Å². The molecule has 108 valence electrons. The zero-order valence-electron chi connectivity index (χ0n) is 12.7. The molecular weight excluding hydrogens is 246 g/mol. The number of benzene rings is 1. The summed E-state index contributed by atoms with van der Waals surface area (Å²) in [5, 5.41) is 3.79. The van der Waals surface area contributed by atoms with Crippen LogP contribution in [-0.2, 0) is 6.42 Å². The lowest BCUT2D eigenvalue weighted by molar-refractivity contribution is 0.343. The molecule has 0 saturated heterocycles. The smallest absolute Gasteiger partial charge is 0.118 e. The highest BCUT2D eigenvalue weighted by molar-refractivity contribution is 5.28. The van der Waals surface area contributed by atoms with Crippen LogP contribution in [0.25, 0.3) is 0 Å². The quantitative estimate of drug-likeness (QED) is 0.847. The molecule has 0 unspecified atom stereocenters. The molecule has 0 fully saturated rings. The van der Waals surface area contributed by atoms with Crippen molar-refractivity contribution in [2.45, 2.75) is 44.7 Å². The second-order valence-corrected chi connectivity index (χ2v) is 5.60. The molecule has 1 aliphatic carbocycles. The Balaban J connectivity index is 1.95. The highest BCUT2D eigenvalue weighted by Crippen LogP contribution is 2.23. The summed E-state index contributed by atoms with van der Waals surface area (Å²) in [5.74, 6) is 0.916. The second-order valence-electron chi connectivity index (χ2n) is 5.60. The number of ether oxygens (including phenoxy) is 1. The third-order valence-electron chi connectivity index (χ3n) is 4.01. The van der Waals surface area contributed by atoms with Gasteiger partial charge in [0.25, 0.3) is 0 Å². The summed E-state index contributed by atoms with van der Waals surface area (Å²) < 4.78 is 5.20. The highest BCUT2D eigenvalue weighted by atomic mass is 16.5. The van der Waals surface area contributed by atoms with Gasteiger partial charge < -0.3 is 10.1 Å². The van der Waals surface area contributed by atoms with E-state index in [0.717, 1.165) is 25.0 Å². The molecule has 1 aliphatic rings. The van der Waals surface area contributed by atoms with Gasteiger partial charge in [-0.15, -0.1) is 0 Å². The van der Waals surface area contributed by atoms with Gasteiger partial charge in [-0.25, -0.2) is 0 Å². The molecule has 2 nitrogen and oxygen atoms in total. The molecule has 20 heavy (non-hydrogen) atoms. The summed E-state index contributed by atoms with van der Waals surface area (Å²) in [5.41, 5.74) is 1.47. The van der Waals surface area contributed by atoms with Gasteiger partial charge in [0.15, 0.2) is 0 Å². The van der Waals surface area contributed by atoms with Gasteiger partial charge in [0, 0.05) is 11.6 Å². The first-order chi connectivity index (χ1) is 9.67. The highest BCUT2D eigenvalue weighted by Gasteiger charge is 2.26. The average molecular weight is 271 g/mol. The van der Waals surface area contributed by atoms with Crippen molar-refractivity contribution in [2.24, 2.45) is 0 Å². The van der Waals surface area contributed by atoms with E-state index in [1.165, 1.54) is 5.56 Å². The molecule has 0 bridgehead atoms. The van der Waals surface area contributed by atoms with Crippen molar-refractivity contribution >= 4 is 0 Å². The molecule has 1 aromatic carbocycles. The van der Waals surface area contributed by atoms with Crippen LogP contribution in [0.5, 0.6) is 5.75 Å². The lowest BCUT2D eigenvalue weighted by Gasteiger charge is -2.34. The Labute approximate surface area is 122 Å². The molecule has 2 heteroatoms. The maximum absolute atomic E-state index is 5.20. The topological polar surface area (TPSA) is 21.3 Å². The van der Waals surface area contributed by atoms with E-state index >= 15 is 0 Å². The SMILES string of the molecule is CC[C@@]1(N[C@@H](C)Cc2ccc(OC)cc2)C=CC=CC1. The first-order valence-electron chi connectivity index (χ1n) is 7.42. The molecule has 0 heterocycles. The zero-order valence-corrected chi connectivity index (χ0v) is 12.7. The van der Waals surface area contributed by atoms with Crippen LogP contribution in [0.15, 0.2) is 48.6 Å². The van der Waals surface area contributed by atoms with Crippen molar-refractivity contribution in [1.29, 1.82) is 0 Å². The first-order valence-corrected chi connectivity index (χ1v) is 7.42. The van der Waals surface area contributed by atoms with Crippen LogP contribution in [0, 0.1) is 0 Å². The molecule has 0 amide bonds. The number of hydrogen-bond acceptors (Lipinski definition) is 2. The number of methoxy groups -OCH3 is 1. The molecule has 0 aromatic heterocycles. The predicted octanol–water partition coefficient (Wildman–Crippen LogP) is 3.88. The Bertz CT molecular complexity index is 475. The molecule has 2 rings (SSSR count). The van der Waals surface area contributed by atoms with Crippen molar-refractivity contribution in [3.63, 3.8) is 0 Å². The molecular formula is C18H25NO. The van der Waals surface area contributed by atoms with E-state index in [4.69, 9.17) is 4.74 Å². The Kier molecular flexibility index (Phi) is 5.02. The summed E-state index contributed by atoms with van der Waals surface area (Å²) >= 11 is 0. The number of rotatable bonds is 6. The van der Waals surface area contributed by atoms with Crippen LogP contribution in [0.3, 0.4) is 0 Å². The summed E-state index contributed by atoms with van der Waals surface area (Å²) in [6.07, 6.45) is 12.1. The normalized spacial score (nSPS) is 22.8. The van der Waals surface area contributed by atoms with Gasteiger partial charge in [-0.1, -0.05) is 43.4 Å². The average Bonchev–Trinajstić information content (AvgIpc) is 2.49. The standard InChI is InChI=1S/C18H25NO/c1-4-18(12-6-5-7-13-18)19-15(2)14-16-8-10-17(20-3)11-9-16/h5-12,15,19H,4,13-14H2,1-3H3/t15-,18+/m0/s1. The first kappa shape index (κ1) is 14.9. The third-order valence-corrected chi connectivity index (χ3v) is 4.01. The molecule has 0 aliphatic heterocycles. The van der Waals surface area contributed by atoms with E-state index < -0.39 is 0 Å². The molecule has 2 atom stereocenters. The van der Waals surface area contributed by atoms with E-state index in [-0.39, 0.29) is 5.54 Å². The van der Waals surface area contributed by atoms with Gasteiger partial charge in [-0.3, -0.25) is 0 Å². The van der Waals surface area contributed by atoms with E-state index in [0.29, 0.717) is 6.04 Å². The van der Waals surface area contributed by atoms with Crippen molar-refractivity contribution in [1.82, 2.24) is 5.32 Å². The summed E-state index contributed by atoms with van der Waals surface area (Å²) in [4.78, 5) is 0. The zero-order chi connectivity index (χ0) is 14.4. The Morgan fingerprint density at radius 3 is 2.55 bits per heavy atom. The summed E-state index contributed by atoms with van der Waals surface area (Å²) in [6.45, 7) is 4.50. The maximum Gasteiger partial charge on any atom is 0.118 e. The summed E-state index contributed by atoms with van der Waals surface area (Å²) in [7, 11) is 1.70. The van der Waals surface area contributed by atoms with Gasteiger partial charge in [-0.05, 0) is 43.9 Å². The fourth-order valence-corrected chi connectivity index (χ4v) is 2.79. The van der Waals surface area contributed by atoms with Crippen molar-refractivity contribution in [3.8, 4) is 5.75 Å². The lowest BCUT2D eigenvalue weighted by atomic mass is 9.87. The minimum Gasteiger partial charge on any atom is -0.497 e. The number of hydrogen-bond donors (Lipinski definition) is 1. The van der Waals surface area contributed by atoms with E-state index in [1.807, 2.05) is 12.1 Å². The van der Waals surface area contributed by atoms with Crippen LogP contribution in [0.2, 0.25) is 0 Å². The minimum atomic E-state index is 0.126. The van der Waals surface area contributed by atoms with Gasteiger partial charge in [-0.2, -0.15) is 0 Å². The van der Waals surface area contributed by atoms with Crippen molar-refractivity contribution < 1.29 is 4.74 Å². The lowest BCUT2D eigenvalue weighted by Crippen LogP contribution is -2.48. The monoisotopic (exact) mass is 271 g/mol. The maximum atomic E-state index is 5.20. The van der Waals surface area contributed by atoms with E-state index in [2.05, 4.69) is 55.6 Å². The molecule has 1 aromatic rings. The van der Waals surface area contributed by atoms with E-state index in [1.54, 1.807) is 7.11 Å². The molecule has 0 spiro atoms.